The van der Waals surface area contributed by atoms with E-state index < -0.39 is 0 Å². The molecule has 10 heteroatoms. The fourth-order valence-corrected chi connectivity index (χ4v) is 3.53. The van der Waals surface area contributed by atoms with Crippen molar-refractivity contribution in [2.75, 3.05) is 7.05 Å². The molecule has 31 heavy (non-hydrogen) atoms. The van der Waals surface area contributed by atoms with Gasteiger partial charge < -0.3 is 10.6 Å². The zero-order valence-corrected chi connectivity index (χ0v) is 18.9. The van der Waals surface area contributed by atoms with E-state index in [9.17, 15) is 9.59 Å². The predicted octanol–water partition coefficient (Wildman–Crippen LogP) is 2.33. The molecule has 0 bridgehead atoms. The van der Waals surface area contributed by atoms with E-state index in [1.165, 1.54) is 10.9 Å². The Labute approximate surface area is 190 Å². The Morgan fingerprint density at radius 1 is 1.06 bits per heavy atom. The molecule has 1 amide bonds. The predicted molar refractivity (Wildman–Crippen MR) is 120 cm³/mol. The number of rotatable bonds is 9. The number of amides is 1. The molecule has 2 N–H and O–H groups in total. The van der Waals surface area contributed by atoms with Crippen LogP contribution in [0.15, 0.2) is 41.6 Å². The molecule has 2 heterocycles. The topological polar surface area (TPSA) is 93.8 Å². The number of hydrogen-bond donors (Lipinski definition) is 2. The molecule has 164 valence electrons. The summed E-state index contributed by atoms with van der Waals surface area (Å²) in [6.07, 6.45) is 4.78. The normalized spacial score (nSPS) is 11.0. The van der Waals surface area contributed by atoms with Crippen LogP contribution in [-0.2, 0) is 37.4 Å². The van der Waals surface area contributed by atoms with Gasteiger partial charge in [-0.25, -0.2) is 4.68 Å². The first-order valence-electron chi connectivity index (χ1n) is 9.79. The molecule has 1 aromatic carbocycles. The molecule has 3 aromatic rings. The first kappa shape index (κ1) is 23.0. The SMILES string of the molecule is CNCc1ccc(Cl)cc1CNC(=O)Cc1c(C)cnn(CCn2cc(Cl)cn2)c1=O. The zero-order valence-electron chi connectivity index (χ0n) is 17.4. The van der Waals surface area contributed by atoms with E-state index in [0.29, 0.717) is 47.4 Å². The first-order chi connectivity index (χ1) is 14.9. The van der Waals surface area contributed by atoms with Crippen LogP contribution in [0.2, 0.25) is 10.0 Å². The Morgan fingerprint density at radius 3 is 2.58 bits per heavy atom. The number of nitrogens with one attached hydrogen (secondary N) is 2. The minimum absolute atomic E-state index is 0.0251. The quantitative estimate of drug-likeness (QED) is 0.508. The summed E-state index contributed by atoms with van der Waals surface area (Å²) in [5, 5.41) is 15.4. The summed E-state index contributed by atoms with van der Waals surface area (Å²) < 4.78 is 2.98. The molecule has 0 unspecified atom stereocenters. The van der Waals surface area contributed by atoms with Crippen LogP contribution in [0.4, 0.5) is 0 Å². The molecule has 0 aliphatic heterocycles. The van der Waals surface area contributed by atoms with Crippen LogP contribution in [0.25, 0.3) is 0 Å². The molecule has 3 rings (SSSR count). The van der Waals surface area contributed by atoms with Crippen LogP contribution in [0.1, 0.15) is 22.3 Å². The maximum atomic E-state index is 12.8. The van der Waals surface area contributed by atoms with Crippen molar-refractivity contribution in [2.45, 2.75) is 39.5 Å². The first-order valence-corrected chi connectivity index (χ1v) is 10.5. The number of aromatic nitrogens is 4. The molecule has 8 nitrogen and oxygen atoms in total. The maximum Gasteiger partial charge on any atom is 0.270 e. The van der Waals surface area contributed by atoms with E-state index in [0.717, 1.165) is 11.1 Å². The van der Waals surface area contributed by atoms with E-state index in [-0.39, 0.29) is 17.9 Å². The van der Waals surface area contributed by atoms with Gasteiger partial charge in [-0.1, -0.05) is 29.3 Å². The van der Waals surface area contributed by atoms with Crippen LogP contribution in [0.3, 0.4) is 0 Å². The average molecular weight is 463 g/mol. The smallest absolute Gasteiger partial charge is 0.270 e. The molecule has 0 fully saturated rings. The molecule has 0 spiro atoms. The third kappa shape index (κ3) is 6.16. The molecular formula is C21H24Cl2N6O2. The van der Waals surface area contributed by atoms with Gasteiger partial charge in [-0.2, -0.15) is 10.2 Å². The van der Waals surface area contributed by atoms with Gasteiger partial charge in [0.15, 0.2) is 0 Å². The third-order valence-corrected chi connectivity index (χ3v) is 5.28. The fraction of sp³-hybridized carbons (Fsp3) is 0.333. The molecule has 0 saturated heterocycles. The number of aryl methyl sites for hydroxylation is 3. The van der Waals surface area contributed by atoms with E-state index in [1.54, 1.807) is 24.0 Å². The molecule has 0 aliphatic rings. The summed E-state index contributed by atoms with van der Waals surface area (Å²) in [6.45, 7) is 3.53. The van der Waals surface area contributed by atoms with Crippen molar-refractivity contribution in [1.82, 2.24) is 30.2 Å². The monoisotopic (exact) mass is 462 g/mol. The Kier molecular flexibility index (Phi) is 7.84. The highest BCUT2D eigenvalue weighted by Gasteiger charge is 2.14. The lowest BCUT2D eigenvalue weighted by Crippen LogP contribution is -2.33. The standard InChI is InChI=1S/C21H24Cl2N6O2/c1-14-9-27-29(6-5-28-13-18(23)12-26-28)21(31)19(14)8-20(30)25-11-16-7-17(22)4-3-15(16)10-24-2/h3-4,7,9,12-13,24H,5-6,8,10-11H2,1-2H3,(H,25,30). The van der Waals surface area contributed by atoms with Gasteiger partial charge in [-0.05, 0) is 42.8 Å². The van der Waals surface area contributed by atoms with E-state index in [2.05, 4.69) is 20.8 Å². The van der Waals surface area contributed by atoms with Crippen molar-refractivity contribution in [1.29, 1.82) is 0 Å². The number of carbonyl (C=O) groups excluding carboxylic acids is 1. The fourth-order valence-electron chi connectivity index (χ4n) is 3.18. The second kappa shape index (κ2) is 10.6. The summed E-state index contributed by atoms with van der Waals surface area (Å²) in [5.74, 6) is -0.243. The molecule has 0 radical (unpaired) electrons. The van der Waals surface area contributed by atoms with Crippen molar-refractivity contribution in [3.05, 3.63) is 79.4 Å². The van der Waals surface area contributed by atoms with E-state index >= 15 is 0 Å². The van der Waals surface area contributed by atoms with Gasteiger partial charge in [0, 0.05) is 29.9 Å². The summed E-state index contributed by atoms with van der Waals surface area (Å²) >= 11 is 12.0. The van der Waals surface area contributed by atoms with Gasteiger partial charge in [0.25, 0.3) is 5.56 Å². The highest BCUT2D eigenvalue weighted by molar-refractivity contribution is 6.30. The number of carbonyl (C=O) groups is 1. The van der Waals surface area contributed by atoms with Crippen LogP contribution >= 0.6 is 23.2 Å². The lowest BCUT2D eigenvalue weighted by Gasteiger charge is -2.12. The highest BCUT2D eigenvalue weighted by Crippen LogP contribution is 2.16. The van der Waals surface area contributed by atoms with Crippen molar-refractivity contribution in [3.63, 3.8) is 0 Å². The van der Waals surface area contributed by atoms with Gasteiger partial charge in [-0.15, -0.1) is 0 Å². The van der Waals surface area contributed by atoms with Gasteiger partial charge >= 0.3 is 0 Å². The van der Waals surface area contributed by atoms with Crippen molar-refractivity contribution >= 4 is 29.1 Å². The van der Waals surface area contributed by atoms with Crippen LogP contribution in [0.5, 0.6) is 0 Å². The number of benzene rings is 1. The second-order valence-electron chi connectivity index (χ2n) is 7.15. The van der Waals surface area contributed by atoms with Crippen LogP contribution in [-0.4, -0.2) is 32.5 Å². The molecular weight excluding hydrogens is 439 g/mol. The van der Waals surface area contributed by atoms with Crippen molar-refractivity contribution < 1.29 is 4.79 Å². The minimum Gasteiger partial charge on any atom is -0.352 e. The molecule has 0 aliphatic carbocycles. The van der Waals surface area contributed by atoms with E-state index in [4.69, 9.17) is 23.2 Å². The Bertz CT molecular complexity index is 1130. The number of halogens is 2. The van der Waals surface area contributed by atoms with Crippen LogP contribution in [0, 0.1) is 6.92 Å². The van der Waals surface area contributed by atoms with Gasteiger partial charge in [-0.3, -0.25) is 14.3 Å². The Morgan fingerprint density at radius 2 is 1.87 bits per heavy atom. The largest absolute Gasteiger partial charge is 0.352 e. The average Bonchev–Trinajstić information content (AvgIpc) is 3.16. The summed E-state index contributed by atoms with van der Waals surface area (Å²) in [7, 11) is 1.86. The second-order valence-corrected chi connectivity index (χ2v) is 8.03. The Hall–Kier alpha value is -2.68. The number of hydrogen-bond acceptors (Lipinski definition) is 5. The van der Waals surface area contributed by atoms with Gasteiger partial charge in [0.1, 0.15) is 0 Å². The molecule has 0 atom stereocenters. The van der Waals surface area contributed by atoms with Gasteiger partial charge in [0.2, 0.25) is 5.91 Å². The molecule has 2 aromatic heterocycles. The zero-order chi connectivity index (χ0) is 22.4. The summed E-state index contributed by atoms with van der Waals surface area (Å²) in [6, 6.07) is 5.58. The maximum absolute atomic E-state index is 12.8. The lowest BCUT2D eigenvalue weighted by molar-refractivity contribution is -0.120. The van der Waals surface area contributed by atoms with Gasteiger partial charge in [0.05, 0.1) is 36.9 Å². The summed E-state index contributed by atoms with van der Waals surface area (Å²) in [4.78, 5) is 25.4. The van der Waals surface area contributed by atoms with E-state index in [1.807, 2.05) is 25.2 Å². The van der Waals surface area contributed by atoms with Crippen molar-refractivity contribution in [2.24, 2.45) is 0 Å². The highest BCUT2D eigenvalue weighted by atomic mass is 35.5. The number of nitrogens with zero attached hydrogens (tertiary/aromatic N) is 4. The lowest BCUT2D eigenvalue weighted by atomic mass is 10.1. The van der Waals surface area contributed by atoms with Crippen molar-refractivity contribution in [3.8, 4) is 0 Å². The minimum atomic E-state index is -0.285. The van der Waals surface area contributed by atoms with Crippen LogP contribution < -0.4 is 16.2 Å². The summed E-state index contributed by atoms with van der Waals surface area (Å²) in [5.41, 5.74) is 2.79. The third-order valence-electron chi connectivity index (χ3n) is 4.85. The Balaban J connectivity index is 1.67. The molecule has 0 saturated carbocycles.